The van der Waals surface area contributed by atoms with E-state index >= 15 is 0 Å². The number of amides is 1. The first-order valence-corrected chi connectivity index (χ1v) is 7.25. The minimum atomic E-state index is -0.144. The van der Waals surface area contributed by atoms with Gasteiger partial charge in [-0.1, -0.05) is 0 Å². The van der Waals surface area contributed by atoms with E-state index in [1.807, 2.05) is 19.0 Å². The Bertz CT molecular complexity index is 470. The molecule has 0 aromatic carbocycles. The summed E-state index contributed by atoms with van der Waals surface area (Å²) in [5.74, 6) is 0.686. The Kier molecular flexibility index (Phi) is 5.46. The van der Waals surface area contributed by atoms with E-state index in [0.717, 1.165) is 38.5 Å². The predicted molar refractivity (Wildman–Crippen MR) is 82.6 cm³/mol. The minimum Gasteiger partial charge on any atom is -0.354 e. The van der Waals surface area contributed by atoms with Gasteiger partial charge in [-0.2, -0.15) is 0 Å². The van der Waals surface area contributed by atoms with Gasteiger partial charge in [-0.25, -0.2) is 9.97 Å². The van der Waals surface area contributed by atoms with Crippen molar-refractivity contribution >= 4 is 11.7 Å². The van der Waals surface area contributed by atoms with Gasteiger partial charge in [-0.15, -0.1) is 0 Å². The molecule has 0 saturated carbocycles. The summed E-state index contributed by atoms with van der Waals surface area (Å²) < 4.78 is 0. The molecule has 1 aromatic heterocycles. The number of carbonyl (C=O) groups excluding carboxylic acids is 1. The van der Waals surface area contributed by atoms with Gasteiger partial charge in [0, 0.05) is 45.3 Å². The highest BCUT2D eigenvalue weighted by Crippen LogP contribution is 2.13. The Hall–Kier alpha value is -1.73. The van der Waals surface area contributed by atoms with Gasteiger partial charge in [0.2, 0.25) is 0 Å². The molecule has 1 amide bonds. The fraction of sp³-hybridized carbons (Fsp3) is 0.643. The Labute approximate surface area is 126 Å². The van der Waals surface area contributed by atoms with Crippen LogP contribution in [0.3, 0.4) is 0 Å². The monoisotopic (exact) mass is 292 g/mol. The van der Waals surface area contributed by atoms with Crippen LogP contribution >= 0.6 is 0 Å². The zero-order valence-corrected chi connectivity index (χ0v) is 13.0. The predicted octanol–water partition coefficient (Wildman–Crippen LogP) is -0.480. The molecule has 21 heavy (non-hydrogen) atoms. The summed E-state index contributed by atoms with van der Waals surface area (Å²) in [7, 11) is 6.06. The summed E-state index contributed by atoms with van der Waals surface area (Å²) in [6.45, 7) is 5.29. The number of nitrogens with zero attached hydrogens (tertiary/aromatic N) is 5. The van der Waals surface area contributed by atoms with E-state index in [1.165, 1.54) is 6.33 Å². The zero-order chi connectivity index (χ0) is 15.2. The molecule has 7 heteroatoms. The number of piperazine rings is 1. The van der Waals surface area contributed by atoms with Crippen molar-refractivity contribution in [3.8, 4) is 0 Å². The van der Waals surface area contributed by atoms with Gasteiger partial charge in [0.15, 0.2) is 0 Å². The van der Waals surface area contributed by atoms with Crippen LogP contribution in [0.4, 0.5) is 5.82 Å². The maximum absolute atomic E-state index is 12.1. The molecule has 0 bridgehead atoms. The van der Waals surface area contributed by atoms with Gasteiger partial charge >= 0.3 is 0 Å². The first-order chi connectivity index (χ1) is 10.1. The first kappa shape index (κ1) is 15.7. The molecule has 2 heterocycles. The van der Waals surface area contributed by atoms with Gasteiger partial charge in [0.25, 0.3) is 5.91 Å². The highest BCUT2D eigenvalue weighted by atomic mass is 16.1. The Morgan fingerprint density at radius 2 is 2.00 bits per heavy atom. The molecule has 1 fully saturated rings. The molecule has 0 atom stereocenters. The molecule has 1 aromatic rings. The van der Waals surface area contributed by atoms with Gasteiger partial charge in [-0.05, 0) is 21.1 Å². The average Bonchev–Trinajstić information content (AvgIpc) is 2.47. The standard InChI is InChI=1S/C14H24N6O/c1-18(2)5-4-15-14(21)12-10-13(17-11-16-12)20-8-6-19(3)7-9-20/h10-11H,4-9H2,1-3H3,(H,15,21). The van der Waals surface area contributed by atoms with Crippen molar-refractivity contribution in [2.24, 2.45) is 0 Å². The van der Waals surface area contributed by atoms with Crippen LogP contribution in [0.25, 0.3) is 0 Å². The lowest BCUT2D eigenvalue weighted by atomic mass is 10.3. The number of carbonyl (C=O) groups is 1. The van der Waals surface area contributed by atoms with Crippen molar-refractivity contribution in [2.75, 3.05) is 65.3 Å². The summed E-state index contributed by atoms with van der Waals surface area (Å²) in [5.41, 5.74) is 0.428. The van der Waals surface area contributed by atoms with E-state index in [1.54, 1.807) is 6.07 Å². The summed E-state index contributed by atoms with van der Waals surface area (Å²) in [5, 5.41) is 2.87. The lowest BCUT2D eigenvalue weighted by molar-refractivity contribution is 0.0946. The van der Waals surface area contributed by atoms with Gasteiger partial charge in [0.05, 0.1) is 0 Å². The molecule has 0 radical (unpaired) electrons. The number of anilines is 1. The third kappa shape index (κ3) is 4.64. The van der Waals surface area contributed by atoms with E-state index in [4.69, 9.17) is 0 Å². The highest BCUT2D eigenvalue weighted by Gasteiger charge is 2.17. The van der Waals surface area contributed by atoms with E-state index in [-0.39, 0.29) is 5.91 Å². The zero-order valence-electron chi connectivity index (χ0n) is 13.0. The minimum absolute atomic E-state index is 0.144. The third-order valence-electron chi connectivity index (χ3n) is 3.56. The molecule has 1 saturated heterocycles. The molecule has 0 spiro atoms. The first-order valence-electron chi connectivity index (χ1n) is 7.25. The van der Waals surface area contributed by atoms with Gasteiger partial charge < -0.3 is 20.0 Å². The Balaban J connectivity index is 1.95. The second-order valence-electron chi connectivity index (χ2n) is 5.61. The van der Waals surface area contributed by atoms with Crippen molar-refractivity contribution in [2.45, 2.75) is 0 Å². The second-order valence-corrected chi connectivity index (χ2v) is 5.61. The maximum atomic E-state index is 12.1. The summed E-state index contributed by atoms with van der Waals surface area (Å²) in [6, 6.07) is 1.77. The van der Waals surface area contributed by atoms with Crippen LogP contribution in [0.15, 0.2) is 12.4 Å². The average molecular weight is 292 g/mol. The molecule has 1 N–H and O–H groups in total. The maximum Gasteiger partial charge on any atom is 0.270 e. The second kappa shape index (κ2) is 7.33. The van der Waals surface area contributed by atoms with Crippen LogP contribution in [0.2, 0.25) is 0 Å². The van der Waals surface area contributed by atoms with Crippen molar-refractivity contribution in [1.29, 1.82) is 0 Å². The van der Waals surface area contributed by atoms with Crippen molar-refractivity contribution in [1.82, 2.24) is 25.1 Å². The molecular formula is C14H24N6O. The third-order valence-corrected chi connectivity index (χ3v) is 3.56. The largest absolute Gasteiger partial charge is 0.354 e. The fourth-order valence-corrected chi connectivity index (χ4v) is 2.16. The summed E-state index contributed by atoms with van der Waals surface area (Å²) >= 11 is 0. The SMILES string of the molecule is CN(C)CCNC(=O)c1cc(N2CCN(C)CC2)ncn1. The van der Waals surface area contributed by atoms with E-state index in [2.05, 4.69) is 32.1 Å². The van der Waals surface area contributed by atoms with Crippen LogP contribution < -0.4 is 10.2 Å². The molecular weight excluding hydrogens is 268 g/mol. The number of hydrogen-bond donors (Lipinski definition) is 1. The number of aromatic nitrogens is 2. The number of hydrogen-bond acceptors (Lipinski definition) is 6. The normalized spacial score (nSPS) is 16.3. The summed E-state index contributed by atoms with van der Waals surface area (Å²) in [6.07, 6.45) is 1.47. The molecule has 1 aliphatic heterocycles. The van der Waals surface area contributed by atoms with Gasteiger partial charge in [-0.3, -0.25) is 4.79 Å². The highest BCUT2D eigenvalue weighted by molar-refractivity contribution is 5.92. The molecule has 0 unspecified atom stereocenters. The van der Waals surface area contributed by atoms with Crippen LogP contribution in [0.5, 0.6) is 0 Å². The molecule has 0 aliphatic carbocycles. The lowest BCUT2D eigenvalue weighted by Crippen LogP contribution is -2.45. The molecule has 116 valence electrons. The molecule has 7 nitrogen and oxygen atoms in total. The number of nitrogens with one attached hydrogen (secondary N) is 1. The smallest absolute Gasteiger partial charge is 0.270 e. The number of likely N-dealkylation sites (N-methyl/N-ethyl adjacent to an activating group) is 2. The molecule has 1 aliphatic rings. The van der Waals surface area contributed by atoms with E-state index in [0.29, 0.717) is 12.2 Å². The topological polar surface area (TPSA) is 64.6 Å². The van der Waals surface area contributed by atoms with Crippen molar-refractivity contribution in [3.63, 3.8) is 0 Å². The van der Waals surface area contributed by atoms with Crippen LogP contribution in [0, 0.1) is 0 Å². The Morgan fingerprint density at radius 1 is 1.29 bits per heavy atom. The quantitative estimate of drug-likeness (QED) is 0.791. The van der Waals surface area contributed by atoms with Gasteiger partial charge in [0.1, 0.15) is 17.8 Å². The van der Waals surface area contributed by atoms with Crippen LogP contribution in [-0.2, 0) is 0 Å². The van der Waals surface area contributed by atoms with E-state index < -0.39 is 0 Å². The molecule has 2 rings (SSSR count). The fourth-order valence-electron chi connectivity index (χ4n) is 2.16. The lowest BCUT2D eigenvalue weighted by Gasteiger charge is -2.33. The Morgan fingerprint density at radius 3 is 2.67 bits per heavy atom. The van der Waals surface area contributed by atoms with Crippen LogP contribution in [-0.4, -0.2) is 86.1 Å². The van der Waals surface area contributed by atoms with Crippen molar-refractivity contribution < 1.29 is 4.79 Å². The van der Waals surface area contributed by atoms with Crippen LogP contribution in [0.1, 0.15) is 10.5 Å². The van der Waals surface area contributed by atoms with Crippen molar-refractivity contribution in [3.05, 3.63) is 18.1 Å². The number of rotatable bonds is 5. The summed E-state index contributed by atoms with van der Waals surface area (Å²) in [4.78, 5) is 26.9. The van der Waals surface area contributed by atoms with E-state index in [9.17, 15) is 4.79 Å².